The number of aromatic nitrogens is 1. The molecule has 0 unspecified atom stereocenters. The van der Waals surface area contributed by atoms with Gasteiger partial charge in [0.15, 0.2) is 5.76 Å². The van der Waals surface area contributed by atoms with Crippen molar-refractivity contribution in [3.63, 3.8) is 0 Å². The average molecular weight is 395 g/mol. The summed E-state index contributed by atoms with van der Waals surface area (Å²) in [6.07, 6.45) is 0. The van der Waals surface area contributed by atoms with E-state index in [-0.39, 0.29) is 0 Å². The molecule has 0 saturated carbocycles. The monoisotopic (exact) mass is 393 g/mol. The predicted molar refractivity (Wildman–Crippen MR) is 85.1 cm³/mol. The second kappa shape index (κ2) is 5.42. The molecule has 0 amide bonds. The van der Waals surface area contributed by atoms with E-state index >= 15 is 0 Å². The minimum atomic E-state index is -0.418. The third-order valence-electron chi connectivity index (χ3n) is 2.88. The Bertz CT molecular complexity index is 789. The number of benzene rings is 2. The van der Waals surface area contributed by atoms with Crippen molar-refractivity contribution >= 4 is 31.9 Å². The average Bonchev–Trinajstić information content (AvgIpc) is 2.76. The van der Waals surface area contributed by atoms with Gasteiger partial charge in [-0.25, -0.2) is 9.36 Å². The van der Waals surface area contributed by atoms with Crippen LogP contribution in [0.2, 0.25) is 0 Å². The zero-order chi connectivity index (χ0) is 14.1. The Labute approximate surface area is 132 Å². The maximum absolute atomic E-state index is 12.1. The number of nitrogens with zero attached hydrogens (tertiary/aromatic N) is 1. The first-order valence-electron chi connectivity index (χ1n) is 5.89. The van der Waals surface area contributed by atoms with Gasteiger partial charge in [0, 0.05) is 10.0 Å². The molecule has 0 aliphatic heterocycles. The molecule has 0 aliphatic carbocycles. The van der Waals surface area contributed by atoms with Crippen molar-refractivity contribution in [2.45, 2.75) is 0 Å². The quantitative estimate of drug-likeness (QED) is 0.635. The molecule has 0 radical (unpaired) electrons. The molecule has 3 nitrogen and oxygen atoms in total. The molecule has 5 heteroatoms. The van der Waals surface area contributed by atoms with E-state index in [0.717, 1.165) is 15.7 Å². The molecule has 1 heterocycles. The Kier molecular flexibility index (Phi) is 3.63. The predicted octanol–water partition coefficient (Wildman–Crippen LogP) is 4.62. The van der Waals surface area contributed by atoms with Crippen LogP contribution in [0.3, 0.4) is 0 Å². The summed E-state index contributed by atoms with van der Waals surface area (Å²) >= 11 is 6.83. The lowest BCUT2D eigenvalue weighted by Crippen LogP contribution is -2.11. The van der Waals surface area contributed by atoms with Crippen molar-refractivity contribution in [2.75, 3.05) is 0 Å². The Hall–Kier alpha value is -1.59. The van der Waals surface area contributed by atoms with Crippen LogP contribution < -0.4 is 5.76 Å². The maximum atomic E-state index is 12.1. The van der Waals surface area contributed by atoms with Crippen LogP contribution in [0.5, 0.6) is 0 Å². The van der Waals surface area contributed by atoms with Gasteiger partial charge in [0.1, 0.15) is 4.60 Å². The van der Waals surface area contributed by atoms with Crippen molar-refractivity contribution in [3.8, 4) is 17.0 Å². The first-order valence-corrected chi connectivity index (χ1v) is 7.48. The highest BCUT2D eigenvalue weighted by Gasteiger charge is 2.17. The van der Waals surface area contributed by atoms with Crippen LogP contribution in [0.15, 0.2) is 72.9 Å². The molecule has 0 spiro atoms. The zero-order valence-corrected chi connectivity index (χ0v) is 13.4. The van der Waals surface area contributed by atoms with Gasteiger partial charge < -0.3 is 4.42 Å². The summed E-state index contributed by atoms with van der Waals surface area (Å²) in [4.78, 5) is 12.1. The minimum Gasteiger partial charge on any atom is -0.406 e. The number of hydrogen-bond donors (Lipinski definition) is 0. The van der Waals surface area contributed by atoms with Crippen LogP contribution in [0.1, 0.15) is 0 Å². The lowest BCUT2D eigenvalue weighted by Gasteiger charge is -2.02. The highest BCUT2D eigenvalue weighted by atomic mass is 79.9. The largest absolute Gasteiger partial charge is 0.425 e. The van der Waals surface area contributed by atoms with E-state index in [0.29, 0.717) is 10.4 Å². The maximum Gasteiger partial charge on any atom is 0.425 e. The molecule has 0 N–H and O–H groups in total. The normalized spacial score (nSPS) is 10.7. The lowest BCUT2D eigenvalue weighted by molar-refractivity contribution is 0.516. The summed E-state index contributed by atoms with van der Waals surface area (Å²) in [7, 11) is 0. The van der Waals surface area contributed by atoms with Gasteiger partial charge in [-0.1, -0.05) is 46.3 Å². The van der Waals surface area contributed by atoms with Gasteiger partial charge in [-0.3, -0.25) is 0 Å². The standard InChI is InChI=1S/C15H9Br2NO2/c16-11-6-8-12(9-7-11)18-14(17)13(20-15(18)19)10-4-2-1-3-5-10/h1-9H. The van der Waals surface area contributed by atoms with Gasteiger partial charge >= 0.3 is 5.76 Å². The van der Waals surface area contributed by atoms with Gasteiger partial charge in [-0.15, -0.1) is 0 Å². The van der Waals surface area contributed by atoms with Gasteiger partial charge in [0.2, 0.25) is 0 Å². The Morgan fingerprint density at radius 1 is 0.900 bits per heavy atom. The third kappa shape index (κ3) is 2.39. The van der Waals surface area contributed by atoms with Gasteiger partial charge in [0.25, 0.3) is 0 Å². The fourth-order valence-corrected chi connectivity index (χ4v) is 2.86. The zero-order valence-electron chi connectivity index (χ0n) is 10.2. The van der Waals surface area contributed by atoms with Crippen LogP contribution in [-0.4, -0.2) is 4.57 Å². The number of oxazole rings is 1. The fourth-order valence-electron chi connectivity index (χ4n) is 1.93. The van der Waals surface area contributed by atoms with E-state index in [9.17, 15) is 4.79 Å². The van der Waals surface area contributed by atoms with Gasteiger partial charge in [0.05, 0.1) is 5.69 Å². The Morgan fingerprint density at radius 2 is 1.55 bits per heavy atom. The Morgan fingerprint density at radius 3 is 2.20 bits per heavy atom. The highest BCUT2D eigenvalue weighted by Crippen LogP contribution is 2.29. The van der Waals surface area contributed by atoms with Crippen molar-refractivity contribution < 1.29 is 4.42 Å². The second-order valence-electron chi connectivity index (χ2n) is 4.17. The van der Waals surface area contributed by atoms with Crippen LogP contribution in [0, 0.1) is 0 Å². The summed E-state index contributed by atoms with van der Waals surface area (Å²) < 4.78 is 8.42. The van der Waals surface area contributed by atoms with E-state index in [4.69, 9.17) is 4.42 Å². The molecule has 3 aromatic rings. The molecule has 20 heavy (non-hydrogen) atoms. The van der Waals surface area contributed by atoms with Crippen molar-refractivity contribution in [3.05, 3.63) is 74.2 Å². The summed E-state index contributed by atoms with van der Waals surface area (Å²) in [6, 6.07) is 17.0. The van der Waals surface area contributed by atoms with Gasteiger partial charge in [-0.05, 0) is 40.2 Å². The van der Waals surface area contributed by atoms with Crippen LogP contribution in [-0.2, 0) is 0 Å². The molecule has 0 saturated heterocycles. The SMILES string of the molecule is O=c1oc(-c2ccccc2)c(Br)n1-c1ccc(Br)cc1. The van der Waals surface area contributed by atoms with E-state index in [1.54, 1.807) is 0 Å². The first kappa shape index (κ1) is 13.4. The molecule has 100 valence electrons. The molecule has 1 aromatic heterocycles. The third-order valence-corrected chi connectivity index (χ3v) is 4.12. The minimum absolute atomic E-state index is 0.418. The number of halogens is 2. The summed E-state index contributed by atoms with van der Waals surface area (Å²) in [6.45, 7) is 0. The molecule has 0 aliphatic rings. The molecule has 0 fully saturated rings. The first-order chi connectivity index (χ1) is 9.66. The summed E-state index contributed by atoms with van der Waals surface area (Å²) in [5.41, 5.74) is 1.60. The summed E-state index contributed by atoms with van der Waals surface area (Å²) in [5.74, 6) is 0.108. The number of rotatable bonds is 2. The highest BCUT2D eigenvalue weighted by molar-refractivity contribution is 9.10. The molecule has 0 atom stereocenters. The molecule has 0 bridgehead atoms. The van der Waals surface area contributed by atoms with Crippen molar-refractivity contribution in [2.24, 2.45) is 0 Å². The van der Waals surface area contributed by atoms with E-state index < -0.39 is 5.76 Å². The molecule has 3 rings (SSSR count). The Balaban J connectivity index is 2.17. The van der Waals surface area contributed by atoms with Crippen LogP contribution in [0.25, 0.3) is 17.0 Å². The van der Waals surface area contributed by atoms with E-state index in [1.165, 1.54) is 4.57 Å². The smallest absolute Gasteiger partial charge is 0.406 e. The van der Waals surface area contributed by atoms with Crippen molar-refractivity contribution in [1.82, 2.24) is 4.57 Å². The van der Waals surface area contributed by atoms with E-state index in [2.05, 4.69) is 31.9 Å². The summed E-state index contributed by atoms with van der Waals surface area (Å²) in [5, 5.41) is 0. The second-order valence-corrected chi connectivity index (χ2v) is 5.83. The lowest BCUT2D eigenvalue weighted by atomic mass is 10.2. The van der Waals surface area contributed by atoms with Gasteiger partial charge in [-0.2, -0.15) is 0 Å². The fraction of sp³-hybridized carbons (Fsp3) is 0. The number of hydrogen-bond acceptors (Lipinski definition) is 2. The van der Waals surface area contributed by atoms with Crippen LogP contribution >= 0.6 is 31.9 Å². The molecular formula is C15H9Br2NO2. The molecular weight excluding hydrogens is 386 g/mol. The topological polar surface area (TPSA) is 35.1 Å². The van der Waals surface area contributed by atoms with Crippen molar-refractivity contribution in [1.29, 1.82) is 0 Å². The van der Waals surface area contributed by atoms with Crippen LogP contribution in [0.4, 0.5) is 0 Å². The molecule has 2 aromatic carbocycles. The van der Waals surface area contributed by atoms with E-state index in [1.807, 2.05) is 54.6 Å².